The van der Waals surface area contributed by atoms with Gasteiger partial charge in [0, 0.05) is 6.54 Å². The monoisotopic (exact) mass is 331 g/mol. The first-order valence-electron chi connectivity index (χ1n) is 6.90. The zero-order chi connectivity index (χ0) is 14.8. The Morgan fingerprint density at radius 1 is 1.52 bits per heavy atom. The molecular weight excluding hydrogens is 309 g/mol. The van der Waals surface area contributed by atoms with E-state index in [4.69, 9.17) is 17.3 Å². The molecule has 0 spiro atoms. The smallest absolute Gasteiger partial charge is 0.238 e. The summed E-state index contributed by atoms with van der Waals surface area (Å²) in [7, 11) is 0. The van der Waals surface area contributed by atoms with Crippen molar-refractivity contribution in [3.63, 3.8) is 0 Å². The third-order valence-electron chi connectivity index (χ3n) is 3.90. The normalized spacial score (nSPS) is 21.9. The van der Waals surface area contributed by atoms with E-state index in [1.807, 2.05) is 25.1 Å². The molecule has 1 aliphatic heterocycles. The summed E-state index contributed by atoms with van der Waals surface area (Å²) >= 11 is 6.11. The lowest BCUT2D eigenvalue weighted by Gasteiger charge is -2.22. The second-order valence-electron chi connectivity index (χ2n) is 6.01. The molecule has 1 saturated heterocycles. The Morgan fingerprint density at radius 2 is 2.24 bits per heavy atom. The van der Waals surface area contributed by atoms with Crippen LogP contribution in [0, 0.1) is 12.3 Å². The molecule has 6 heteroatoms. The van der Waals surface area contributed by atoms with Gasteiger partial charge in [0.2, 0.25) is 5.91 Å². The van der Waals surface area contributed by atoms with Gasteiger partial charge in [-0.25, -0.2) is 0 Å². The van der Waals surface area contributed by atoms with Crippen LogP contribution >= 0.6 is 24.0 Å². The number of anilines is 1. The van der Waals surface area contributed by atoms with Crippen LogP contribution < -0.4 is 11.1 Å². The van der Waals surface area contributed by atoms with E-state index in [2.05, 4.69) is 17.1 Å². The SMILES string of the molecule is Cc1ccc(NC(=O)CN2CCC(C)(CN)C2)c(Cl)c1.Cl. The van der Waals surface area contributed by atoms with E-state index in [1.165, 1.54) is 0 Å². The number of halogens is 2. The Labute approximate surface area is 137 Å². The molecule has 3 N–H and O–H groups in total. The van der Waals surface area contributed by atoms with E-state index in [0.717, 1.165) is 25.1 Å². The van der Waals surface area contributed by atoms with E-state index in [-0.39, 0.29) is 23.7 Å². The van der Waals surface area contributed by atoms with Crippen LogP contribution in [0.15, 0.2) is 18.2 Å². The molecule has 0 radical (unpaired) electrons. The molecule has 1 aliphatic rings. The largest absolute Gasteiger partial charge is 0.330 e. The number of carbonyl (C=O) groups excluding carboxylic acids is 1. The number of benzene rings is 1. The number of rotatable bonds is 4. The Kier molecular flexibility index (Phi) is 6.47. The van der Waals surface area contributed by atoms with Crippen molar-refractivity contribution in [3.8, 4) is 0 Å². The molecule has 21 heavy (non-hydrogen) atoms. The third kappa shape index (κ3) is 4.85. The van der Waals surface area contributed by atoms with E-state index < -0.39 is 0 Å². The van der Waals surface area contributed by atoms with Crippen molar-refractivity contribution in [2.45, 2.75) is 20.3 Å². The second kappa shape index (κ2) is 7.45. The van der Waals surface area contributed by atoms with Crippen LogP contribution in [0.4, 0.5) is 5.69 Å². The highest BCUT2D eigenvalue weighted by atomic mass is 35.5. The van der Waals surface area contributed by atoms with Gasteiger partial charge in [0.05, 0.1) is 17.3 Å². The minimum Gasteiger partial charge on any atom is -0.330 e. The number of carbonyl (C=O) groups is 1. The van der Waals surface area contributed by atoms with Crippen molar-refractivity contribution in [2.75, 3.05) is 31.5 Å². The van der Waals surface area contributed by atoms with Gasteiger partial charge in [-0.3, -0.25) is 9.69 Å². The van der Waals surface area contributed by atoms with Crippen molar-refractivity contribution in [2.24, 2.45) is 11.1 Å². The van der Waals surface area contributed by atoms with Crippen molar-refractivity contribution in [3.05, 3.63) is 28.8 Å². The summed E-state index contributed by atoms with van der Waals surface area (Å²) in [6.45, 7) is 6.98. The molecular formula is C15H23Cl2N3O. The maximum Gasteiger partial charge on any atom is 0.238 e. The summed E-state index contributed by atoms with van der Waals surface area (Å²) < 4.78 is 0. The van der Waals surface area contributed by atoms with Crippen LogP contribution in [0.2, 0.25) is 5.02 Å². The third-order valence-corrected chi connectivity index (χ3v) is 4.21. The summed E-state index contributed by atoms with van der Waals surface area (Å²) in [4.78, 5) is 14.2. The summed E-state index contributed by atoms with van der Waals surface area (Å²) in [6.07, 6.45) is 1.04. The topological polar surface area (TPSA) is 58.4 Å². The van der Waals surface area contributed by atoms with Gasteiger partial charge in [-0.2, -0.15) is 0 Å². The summed E-state index contributed by atoms with van der Waals surface area (Å²) in [5.41, 5.74) is 7.66. The van der Waals surface area contributed by atoms with Crippen LogP contribution in [0.3, 0.4) is 0 Å². The zero-order valence-corrected chi connectivity index (χ0v) is 14.1. The first-order valence-corrected chi connectivity index (χ1v) is 7.28. The zero-order valence-electron chi connectivity index (χ0n) is 12.5. The van der Waals surface area contributed by atoms with Gasteiger partial charge in [-0.15, -0.1) is 12.4 Å². The van der Waals surface area contributed by atoms with Gasteiger partial charge in [-0.05, 0) is 49.5 Å². The van der Waals surface area contributed by atoms with Crippen molar-refractivity contribution in [1.29, 1.82) is 0 Å². The van der Waals surface area contributed by atoms with E-state index in [0.29, 0.717) is 23.8 Å². The summed E-state index contributed by atoms with van der Waals surface area (Å²) in [5.74, 6) is -0.0305. The van der Waals surface area contributed by atoms with Gasteiger partial charge < -0.3 is 11.1 Å². The van der Waals surface area contributed by atoms with E-state index in [9.17, 15) is 4.79 Å². The lowest BCUT2D eigenvalue weighted by atomic mass is 9.90. The molecule has 4 nitrogen and oxygen atoms in total. The highest BCUT2D eigenvalue weighted by Gasteiger charge is 2.33. The van der Waals surface area contributed by atoms with Gasteiger partial charge >= 0.3 is 0 Å². The lowest BCUT2D eigenvalue weighted by molar-refractivity contribution is -0.117. The molecule has 1 heterocycles. The first kappa shape index (κ1) is 18.2. The predicted octanol–water partition coefficient (Wildman–Crippen LogP) is 2.68. The summed E-state index contributed by atoms with van der Waals surface area (Å²) in [6, 6.07) is 5.62. The Balaban J connectivity index is 0.00000220. The van der Waals surface area contributed by atoms with E-state index >= 15 is 0 Å². The van der Waals surface area contributed by atoms with Crippen molar-refractivity contribution < 1.29 is 4.79 Å². The van der Waals surface area contributed by atoms with Gasteiger partial charge in [0.25, 0.3) is 0 Å². The minimum atomic E-state index is -0.0305. The van der Waals surface area contributed by atoms with Crippen LogP contribution in [-0.4, -0.2) is 37.0 Å². The minimum absolute atomic E-state index is 0. The Hall–Kier alpha value is -0.810. The molecule has 0 saturated carbocycles. The molecule has 1 amide bonds. The molecule has 1 aromatic rings. The number of hydrogen-bond donors (Lipinski definition) is 2. The molecule has 1 unspecified atom stereocenters. The van der Waals surface area contributed by atoms with Gasteiger partial charge in [0.15, 0.2) is 0 Å². The van der Waals surface area contributed by atoms with Gasteiger partial charge in [0.1, 0.15) is 0 Å². The molecule has 118 valence electrons. The quantitative estimate of drug-likeness (QED) is 0.891. The fourth-order valence-corrected chi connectivity index (χ4v) is 2.82. The molecule has 0 aromatic heterocycles. The average Bonchev–Trinajstić information content (AvgIpc) is 2.75. The maximum absolute atomic E-state index is 12.1. The Morgan fingerprint density at radius 3 is 2.81 bits per heavy atom. The molecule has 2 rings (SSSR count). The highest BCUT2D eigenvalue weighted by Crippen LogP contribution is 2.28. The second-order valence-corrected chi connectivity index (χ2v) is 6.41. The van der Waals surface area contributed by atoms with Crippen LogP contribution in [0.5, 0.6) is 0 Å². The molecule has 1 aromatic carbocycles. The number of nitrogens with two attached hydrogens (primary N) is 1. The molecule has 1 fully saturated rings. The van der Waals surface area contributed by atoms with Crippen molar-refractivity contribution in [1.82, 2.24) is 4.90 Å². The van der Waals surface area contributed by atoms with Crippen molar-refractivity contribution >= 4 is 35.6 Å². The number of amides is 1. The van der Waals surface area contributed by atoms with Gasteiger partial charge in [-0.1, -0.05) is 24.6 Å². The highest BCUT2D eigenvalue weighted by molar-refractivity contribution is 6.33. The fraction of sp³-hybridized carbons (Fsp3) is 0.533. The maximum atomic E-state index is 12.1. The number of hydrogen-bond acceptors (Lipinski definition) is 3. The van der Waals surface area contributed by atoms with Crippen LogP contribution in [0.1, 0.15) is 18.9 Å². The molecule has 1 atom stereocenters. The number of likely N-dealkylation sites (tertiary alicyclic amines) is 1. The number of nitrogens with zero attached hydrogens (tertiary/aromatic N) is 1. The average molecular weight is 332 g/mol. The molecule has 0 aliphatic carbocycles. The van der Waals surface area contributed by atoms with Crippen LogP contribution in [0.25, 0.3) is 0 Å². The van der Waals surface area contributed by atoms with E-state index in [1.54, 1.807) is 0 Å². The lowest BCUT2D eigenvalue weighted by Crippen LogP contribution is -2.35. The first-order chi connectivity index (χ1) is 9.42. The predicted molar refractivity (Wildman–Crippen MR) is 90.3 cm³/mol. The Bertz CT molecular complexity index is 510. The number of aryl methyl sites for hydroxylation is 1. The standard InChI is InChI=1S/C15H22ClN3O.ClH/c1-11-3-4-13(12(16)7-11)18-14(20)8-19-6-5-15(2,9-17)10-19;/h3-4,7H,5-6,8-10,17H2,1-2H3,(H,18,20);1H. The fourth-order valence-electron chi connectivity index (χ4n) is 2.54. The summed E-state index contributed by atoms with van der Waals surface area (Å²) in [5, 5.41) is 3.44. The van der Waals surface area contributed by atoms with Crippen LogP contribution in [-0.2, 0) is 4.79 Å². The number of nitrogens with one attached hydrogen (secondary N) is 1. The molecule has 0 bridgehead atoms.